The Morgan fingerprint density at radius 2 is 1.67 bits per heavy atom. The Kier molecular flexibility index (Phi) is 9.67. The third-order valence-corrected chi connectivity index (χ3v) is 10.8. The molecule has 0 aliphatic carbocycles. The molecule has 0 aliphatic heterocycles. The van der Waals surface area contributed by atoms with Crippen LogP contribution in [0, 0.1) is 0 Å². The Morgan fingerprint density at radius 1 is 0.977 bits per heavy atom. The zero-order valence-corrected chi connectivity index (χ0v) is 27.5. The number of phenols is 1. The standard InChI is InChI=1S/C29H20Cl4N2O5S3/c1-2-40-18-5-8-24-25(13-18)42-29(35-24)41-19-6-3-17(4-7-19)34-28(37)20-9-15(30)10-22(32)21(20)14-43(38,39)26-12-16(31)11-23(33)27(26)36/h3-13,36H,2,14H2,1H3,(H,34,37). The van der Waals surface area contributed by atoms with Crippen molar-refractivity contribution in [2.45, 2.75) is 26.8 Å². The molecule has 43 heavy (non-hydrogen) atoms. The summed E-state index contributed by atoms with van der Waals surface area (Å²) >= 11 is 27.5. The molecular formula is C29H20Cl4N2O5S3. The van der Waals surface area contributed by atoms with Gasteiger partial charge in [-0.15, -0.1) is 11.3 Å². The second kappa shape index (κ2) is 13.1. The number of aromatic nitrogens is 1. The number of amides is 1. The molecule has 5 aromatic rings. The van der Waals surface area contributed by atoms with Gasteiger partial charge in [-0.25, -0.2) is 13.4 Å². The molecule has 0 unspecified atom stereocenters. The van der Waals surface area contributed by atoms with Gasteiger partial charge in [-0.1, -0.05) is 58.2 Å². The molecule has 1 heterocycles. The smallest absolute Gasteiger partial charge is 0.256 e. The van der Waals surface area contributed by atoms with Gasteiger partial charge in [0.2, 0.25) is 0 Å². The quantitative estimate of drug-likeness (QED) is 0.157. The first-order valence-electron chi connectivity index (χ1n) is 12.4. The van der Waals surface area contributed by atoms with Crippen LogP contribution in [0.5, 0.6) is 11.5 Å². The maximum Gasteiger partial charge on any atom is 0.256 e. The molecule has 222 valence electrons. The maximum absolute atomic E-state index is 13.3. The lowest BCUT2D eigenvalue weighted by molar-refractivity contribution is 0.102. The molecule has 0 spiro atoms. The number of hydrogen-bond acceptors (Lipinski definition) is 8. The average molecular weight is 715 g/mol. The van der Waals surface area contributed by atoms with Gasteiger partial charge < -0.3 is 15.2 Å². The van der Waals surface area contributed by atoms with Crippen molar-refractivity contribution in [3.05, 3.63) is 97.9 Å². The Hall–Kier alpha value is -2.70. The van der Waals surface area contributed by atoms with E-state index in [0.29, 0.717) is 12.3 Å². The van der Waals surface area contributed by atoms with Gasteiger partial charge in [-0.3, -0.25) is 4.79 Å². The summed E-state index contributed by atoms with van der Waals surface area (Å²) in [4.78, 5) is 18.4. The van der Waals surface area contributed by atoms with E-state index >= 15 is 0 Å². The fourth-order valence-electron chi connectivity index (χ4n) is 4.09. The highest BCUT2D eigenvalue weighted by Gasteiger charge is 2.27. The highest BCUT2D eigenvalue weighted by atomic mass is 35.5. The van der Waals surface area contributed by atoms with Crippen LogP contribution in [0.15, 0.2) is 80.9 Å². The van der Waals surface area contributed by atoms with E-state index in [1.54, 1.807) is 23.5 Å². The summed E-state index contributed by atoms with van der Waals surface area (Å²) in [5, 5.41) is 12.9. The van der Waals surface area contributed by atoms with Crippen molar-refractivity contribution < 1.29 is 23.1 Å². The Balaban J connectivity index is 1.35. The number of sulfone groups is 1. The predicted molar refractivity (Wildman–Crippen MR) is 175 cm³/mol. The normalized spacial score (nSPS) is 11.6. The molecule has 1 aromatic heterocycles. The lowest BCUT2D eigenvalue weighted by Gasteiger charge is -2.14. The maximum atomic E-state index is 13.3. The van der Waals surface area contributed by atoms with Crippen molar-refractivity contribution in [3.8, 4) is 11.5 Å². The van der Waals surface area contributed by atoms with E-state index in [9.17, 15) is 18.3 Å². The minimum atomic E-state index is -4.25. The molecule has 4 aromatic carbocycles. The van der Waals surface area contributed by atoms with E-state index in [0.717, 1.165) is 31.3 Å². The number of carbonyl (C=O) groups is 1. The number of ether oxygens (including phenoxy) is 1. The monoisotopic (exact) mass is 712 g/mol. The molecule has 1 amide bonds. The topological polar surface area (TPSA) is 106 Å². The van der Waals surface area contributed by atoms with Crippen molar-refractivity contribution in [2.75, 3.05) is 11.9 Å². The van der Waals surface area contributed by atoms with Crippen LogP contribution >= 0.6 is 69.5 Å². The molecule has 0 atom stereocenters. The summed E-state index contributed by atoms with van der Waals surface area (Å²) in [6.45, 7) is 2.52. The first-order valence-corrected chi connectivity index (χ1v) is 17.2. The number of rotatable bonds is 9. The number of aromatic hydroxyl groups is 1. The van der Waals surface area contributed by atoms with Gasteiger partial charge in [-0.2, -0.15) is 0 Å². The average Bonchev–Trinajstić information content (AvgIpc) is 3.34. The number of fused-ring (bicyclic) bond motifs is 1. The highest BCUT2D eigenvalue weighted by Crippen LogP contribution is 2.38. The highest BCUT2D eigenvalue weighted by molar-refractivity contribution is 8.01. The van der Waals surface area contributed by atoms with Crippen LogP contribution in [0.1, 0.15) is 22.8 Å². The third kappa shape index (κ3) is 7.34. The van der Waals surface area contributed by atoms with Crippen LogP contribution in [0.2, 0.25) is 20.1 Å². The van der Waals surface area contributed by atoms with E-state index in [1.165, 1.54) is 30.0 Å². The van der Waals surface area contributed by atoms with Crippen molar-refractivity contribution >= 4 is 101 Å². The van der Waals surface area contributed by atoms with E-state index in [4.69, 9.17) is 51.1 Å². The molecule has 5 rings (SSSR count). The molecule has 14 heteroatoms. The zero-order valence-electron chi connectivity index (χ0n) is 22.0. The number of halogens is 4. The molecule has 0 radical (unpaired) electrons. The van der Waals surface area contributed by atoms with Crippen LogP contribution in [0.3, 0.4) is 0 Å². The van der Waals surface area contributed by atoms with Crippen LogP contribution in [-0.2, 0) is 15.6 Å². The lowest BCUT2D eigenvalue weighted by Crippen LogP contribution is -2.17. The summed E-state index contributed by atoms with van der Waals surface area (Å²) in [6.07, 6.45) is 0. The SMILES string of the molecule is CCOc1ccc2nc(Sc3ccc(NC(=O)c4cc(Cl)cc(Cl)c4CS(=O)(=O)c4cc(Cl)cc(Cl)c4O)cc3)sc2c1. The minimum absolute atomic E-state index is 0.00503. The van der Waals surface area contributed by atoms with Gasteiger partial charge in [-0.05, 0) is 79.2 Å². The molecule has 0 aliphatic rings. The summed E-state index contributed by atoms with van der Waals surface area (Å²) < 4.78 is 34.0. The Morgan fingerprint density at radius 3 is 2.40 bits per heavy atom. The van der Waals surface area contributed by atoms with E-state index in [-0.39, 0.29) is 31.2 Å². The Bertz CT molecular complexity index is 1970. The van der Waals surface area contributed by atoms with Gasteiger partial charge in [0.1, 0.15) is 10.6 Å². The first-order chi connectivity index (χ1) is 20.4. The number of nitrogens with one attached hydrogen (secondary N) is 1. The molecule has 2 N–H and O–H groups in total. The van der Waals surface area contributed by atoms with Gasteiger partial charge >= 0.3 is 0 Å². The first kappa shape index (κ1) is 31.7. The van der Waals surface area contributed by atoms with Crippen molar-refractivity contribution in [2.24, 2.45) is 0 Å². The van der Waals surface area contributed by atoms with E-state index in [2.05, 4.69) is 10.3 Å². The van der Waals surface area contributed by atoms with E-state index < -0.39 is 32.1 Å². The third-order valence-electron chi connectivity index (χ3n) is 6.04. The number of nitrogens with zero attached hydrogens (tertiary/aromatic N) is 1. The summed E-state index contributed by atoms with van der Waals surface area (Å²) in [5.74, 6) is -1.20. The number of benzene rings is 4. The largest absolute Gasteiger partial charge is 0.505 e. The molecule has 0 saturated carbocycles. The van der Waals surface area contributed by atoms with Gasteiger partial charge in [0.05, 0.1) is 27.6 Å². The van der Waals surface area contributed by atoms with E-state index in [1.807, 2.05) is 37.3 Å². The molecular weight excluding hydrogens is 694 g/mol. The van der Waals surface area contributed by atoms with Crippen molar-refractivity contribution in [1.82, 2.24) is 4.98 Å². The fraction of sp³-hybridized carbons (Fsp3) is 0.103. The number of hydrogen-bond donors (Lipinski definition) is 2. The van der Waals surface area contributed by atoms with Gasteiger partial charge in [0.25, 0.3) is 5.91 Å². The second-order valence-corrected chi connectivity index (χ2v) is 15.0. The number of thiazole rings is 1. The van der Waals surface area contributed by atoms with Crippen LogP contribution in [0.25, 0.3) is 10.2 Å². The zero-order chi connectivity index (χ0) is 30.9. The summed E-state index contributed by atoms with van der Waals surface area (Å²) in [7, 11) is -4.25. The molecule has 7 nitrogen and oxygen atoms in total. The minimum Gasteiger partial charge on any atom is -0.505 e. The predicted octanol–water partition coefficient (Wildman–Crippen LogP) is 9.39. The summed E-state index contributed by atoms with van der Waals surface area (Å²) in [6, 6.07) is 17.8. The Labute approximate surface area is 275 Å². The van der Waals surface area contributed by atoms with Gasteiger partial charge in [0.15, 0.2) is 19.9 Å². The number of anilines is 1. The molecule has 0 bridgehead atoms. The lowest BCUT2D eigenvalue weighted by atomic mass is 10.1. The summed E-state index contributed by atoms with van der Waals surface area (Å²) in [5.41, 5.74) is 1.29. The second-order valence-electron chi connectivity index (χ2n) is 9.03. The van der Waals surface area contributed by atoms with Crippen molar-refractivity contribution in [3.63, 3.8) is 0 Å². The molecule has 0 fully saturated rings. The van der Waals surface area contributed by atoms with Crippen LogP contribution in [-0.4, -0.2) is 31.0 Å². The molecule has 0 saturated heterocycles. The fourth-order valence-corrected chi connectivity index (χ4v) is 8.97. The van der Waals surface area contributed by atoms with Gasteiger partial charge in [0, 0.05) is 31.2 Å². The van der Waals surface area contributed by atoms with Crippen molar-refractivity contribution in [1.29, 1.82) is 0 Å². The number of carbonyl (C=O) groups excluding carboxylic acids is 1. The van der Waals surface area contributed by atoms with Crippen LogP contribution < -0.4 is 10.1 Å². The van der Waals surface area contributed by atoms with Crippen LogP contribution in [0.4, 0.5) is 5.69 Å². The number of phenolic OH excluding ortho intramolecular Hbond substituents is 1.